The first-order chi connectivity index (χ1) is 12.5. The lowest BCUT2D eigenvalue weighted by Crippen LogP contribution is -2.47. The van der Waals surface area contributed by atoms with Gasteiger partial charge in [0.1, 0.15) is 12.6 Å². The lowest BCUT2D eigenvalue weighted by Gasteiger charge is -2.43. The first-order valence-corrected chi connectivity index (χ1v) is 9.94. The highest BCUT2D eigenvalue weighted by Gasteiger charge is 2.37. The van der Waals surface area contributed by atoms with E-state index in [0.29, 0.717) is 30.3 Å². The van der Waals surface area contributed by atoms with E-state index in [9.17, 15) is 0 Å². The van der Waals surface area contributed by atoms with Gasteiger partial charge in [0.25, 0.3) is 0 Å². The Kier molecular flexibility index (Phi) is 7.87. The Labute approximate surface area is 157 Å². The molecule has 1 unspecified atom stereocenters. The van der Waals surface area contributed by atoms with Crippen LogP contribution in [-0.2, 0) is 11.3 Å². The van der Waals surface area contributed by atoms with Gasteiger partial charge in [0.15, 0.2) is 11.8 Å². The smallest absolute Gasteiger partial charge is 0.248 e. The van der Waals surface area contributed by atoms with Gasteiger partial charge in [-0.1, -0.05) is 25.4 Å². The summed E-state index contributed by atoms with van der Waals surface area (Å²) in [6, 6.07) is 0. The summed E-state index contributed by atoms with van der Waals surface area (Å²) in [6.07, 6.45) is 5.05. The average molecular weight is 366 g/mol. The Morgan fingerprint density at radius 2 is 2.04 bits per heavy atom. The minimum atomic E-state index is -0.164. The molecular weight excluding hydrogens is 330 g/mol. The van der Waals surface area contributed by atoms with Crippen molar-refractivity contribution in [1.29, 1.82) is 0 Å². The van der Waals surface area contributed by atoms with Crippen molar-refractivity contribution < 1.29 is 9.26 Å². The number of rotatable bonds is 10. The molecule has 1 heterocycles. The van der Waals surface area contributed by atoms with Crippen LogP contribution in [0.1, 0.15) is 78.1 Å². The molecule has 0 aliphatic heterocycles. The quantitative estimate of drug-likeness (QED) is 0.488. The number of ether oxygens (including phenoxy) is 1. The fourth-order valence-corrected chi connectivity index (χ4v) is 3.58. The Hall–Kier alpha value is -1.63. The van der Waals surface area contributed by atoms with Crippen molar-refractivity contribution in [3.63, 3.8) is 0 Å². The average Bonchev–Trinajstić information content (AvgIpc) is 3.03. The van der Waals surface area contributed by atoms with Gasteiger partial charge in [0, 0.05) is 19.7 Å². The molecule has 0 aromatic carbocycles. The van der Waals surface area contributed by atoms with Gasteiger partial charge in [-0.05, 0) is 51.4 Å². The molecule has 7 heteroatoms. The van der Waals surface area contributed by atoms with Crippen LogP contribution in [0.5, 0.6) is 0 Å². The summed E-state index contributed by atoms with van der Waals surface area (Å²) in [5.41, 5.74) is 0.426. The largest absolute Gasteiger partial charge is 0.371 e. The van der Waals surface area contributed by atoms with Crippen LogP contribution >= 0.6 is 0 Å². The zero-order valence-electron chi connectivity index (χ0n) is 17.0. The highest BCUT2D eigenvalue weighted by atomic mass is 16.5. The number of nitrogens with zero attached hydrogens (tertiary/aromatic N) is 3. The van der Waals surface area contributed by atoms with Crippen LogP contribution < -0.4 is 10.6 Å². The number of nitrogens with one attached hydrogen (secondary N) is 2. The summed E-state index contributed by atoms with van der Waals surface area (Å²) in [5, 5.41) is 10.8. The van der Waals surface area contributed by atoms with Gasteiger partial charge in [0.05, 0.1) is 0 Å². The van der Waals surface area contributed by atoms with Gasteiger partial charge in [-0.25, -0.2) is 4.99 Å². The number of aromatic nitrogens is 2. The van der Waals surface area contributed by atoms with E-state index in [-0.39, 0.29) is 6.10 Å². The van der Waals surface area contributed by atoms with Crippen molar-refractivity contribution >= 4 is 5.96 Å². The molecule has 0 spiro atoms. The molecule has 26 heavy (non-hydrogen) atoms. The molecule has 0 bridgehead atoms. The number of guanidine groups is 1. The highest BCUT2D eigenvalue weighted by Crippen LogP contribution is 2.45. The molecule has 2 N–H and O–H groups in total. The fraction of sp³-hybridized carbons (Fsp3) is 0.842. The highest BCUT2D eigenvalue weighted by molar-refractivity contribution is 5.79. The minimum absolute atomic E-state index is 0.164. The Morgan fingerprint density at radius 1 is 1.27 bits per heavy atom. The van der Waals surface area contributed by atoms with E-state index in [2.05, 4.69) is 46.5 Å². The molecule has 0 radical (unpaired) electrons. The Bertz CT molecular complexity index is 566. The van der Waals surface area contributed by atoms with Crippen LogP contribution in [0.2, 0.25) is 0 Å². The Morgan fingerprint density at radius 3 is 2.62 bits per heavy atom. The standard InChI is InChI=1S/C19H35N5O2/c1-6-20-18(22-13-19(9-8-10-19)11-14(3)4)21-12-16-23-17(24-26-16)15(5)25-7-2/h14-15H,6-13H2,1-5H3,(H2,20,21,22). The maximum Gasteiger partial charge on any atom is 0.248 e. The van der Waals surface area contributed by atoms with Crippen LogP contribution in [0.25, 0.3) is 0 Å². The van der Waals surface area contributed by atoms with Crippen LogP contribution in [-0.4, -0.2) is 35.8 Å². The molecule has 0 saturated heterocycles. The van der Waals surface area contributed by atoms with E-state index >= 15 is 0 Å². The van der Waals surface area contributed by atoms with Gasteiger partial charge in [-0.15, -0.1) is 0 Å². The van der Waals surface area contributed by atoms with Crippen molar-refractivity contribution in [3.8, 4) is 0 Å². The fourth-order valence-electron chi connectivity index (χ4n) is 3.58. The van der Waals surface area contributed by atoms with Crippen LogP contribution in [0.4, 0.5) is 0 Å². The maximum absolute atomic E-state index is 5.49. The van der Waals surface area contributed by atoms with E-state index in [1.54, 1.807) is 0 Å². The van der Waals surface area contributed by atoms with Crippen molar-refractivity contribution in [2.45, 2.75) is 73.0 Å². The molecule has 7 nitrogen and oxygen atoms in total. The minimum Gasteiger partial charge on any atom is -0.371 e. The van der Waals surface area contributed by atoms with Crippen LogP contribution in [0.3, 0.4) is 0 Å². The second-order valence-corrected chi connectivity index (χ2v) is 7.64. The van der Waals surface area contributed by atoms with Gasteiger partial charge in [-0.2, -0.15) is 4.98 Å². The third-order valence-corrected chi connectivity index (χ3v) is 4.87. The number of hydrogen-bond acceptors (Lipinski definition) is 5. The van der Waals surface area contributed by atoms with Gasteiger partial charge >= 0.3 is 0 Å². The van der Waals surface area contributed by atoms with E-state index in [1.807, 2.05) is 13.8 Å². The molecular formula is C19H35N5O2. The van der Waals surface area contributed by atoms with Crippen molar-refractivity contribution in [2.24, 2.45) is 16.3 Å². The van der Waals surface area contributed by atoms with E-state index < -0.39 is 0 Å². The third-order valence-electron chi connectivity index (χ3n) is 4.87. The molecule has 1 saturated carbocycles. The molecule has 1 fully saturated rings. The van der Waals surface area contributed by atoms with Gasteiger partial charge in [0.2, 0.25) is 5.89 Å². The molecule has 1 atom stereocenters. The SMILES string of the molecule is CCNC(=NCc1nc(C(C)OCC)no1)NCC1(CC(C)C)CCC1. The summed E-state index contributed by atoms with van der Waals surface area (Å²) in [4.78, 5) is 8.97. The molecule has 2 rings (SSSR count). The van der Waals surface area contributed by atoms with E-state index in [1.165, 1.54) is 25.7 Å². The summed E-state index contributed by atoms with van der Waals surface area (Å²) in [5.74, 6) is 2.60. The first kappa shape index (κ1) is 20.7. The monoisotopic (exact) mass is 365 g/mol. The first-order valence-electron chi connectivity index (χ1n) is 9.94. The molecule has 0 amide bonds. The van der Waals surface area contributed by atoms with Gasteiger partial charge in [-0.3, -0.25) is 0 Å². The maximum atomic E-state index is 5.49. The predicted octanol–water partition coefficient (Wildman–Crippen LogP) is 3.44. The number of hydrogen-bond donors (Lipinski definition) is 2. The predicted molar refractivity (Wildman–Crippen MR) is 103 cm³/mol. The van der Waals surface area contributed by atoms with Crippen molar-refractivity contribution in [1.82, 2.24) is 20.8 Å². The second-order valence-electron chi connectivity index (χ2n) is 7.64. The van der Waals surface area contributed by atoms with Crippen LogP contribution in [0, 0.1) is 11.3 Å². The summed E-state index contributed by atoms with van der Waals surface area (Å²) in [7, 11) is 0. The zero-order valence-corrected chi connectivity index (χ0v) is 17.0. The summed E-state index contributed by atoms with van der Waals surface area (Å²) in [6.45, 7) is 13.3. The molecule has 1 aromatic heterocycles. The normalized spacial score (nSPS) is 17.8. The van der Waals surface area contributed by atoms with E-state index in [4.69, 9.17) is 9.26 Å². The lowest BCUT2D eigenvalue weighted by atomic mass is 9.64. The number of aliphatic imine (C=N–C) groups is 1. The molecule has 1 aliphatic rings. The molecule has 148 valence electrons. The molecule has 1 aromatic rings. The van der Waals surface area contributed by atoms with Crippen LogP contribution in [0.15, 0.2) is 9.52 Å². The third kappa shape index (κ3) is 5.97. The van der Waals surface area contributed by atoms with Crippen molar-refractivity contribution in [3.05, 3.63) is 11.7 Å². The zero-order chi connectivity index (χ0) is 19.0. The summed E-state index contributed by atoms with van der Waals surface area (Å²) < 4.78 is 10.8. The van der Waals surface area contributed by atoms with E-state index in [0.717, 1.165) is 25.0 Å². The van der Waals surface area contributed by atoms with Crippen molar-refractivity contribution in [2.75, 3.05) is 19.7 Å². The second kappa shape index (κ2) is 9.90. The lowest BCUT2D eigenvalue weighted by molar-refractivity contribution is 0.0683. The topological polar surface area (TPSA) is 84.6 Å². The van der Waals surface area contributed by atoms with Gasteiger partial charge < -0.3 is 19.9 Å². The Balaban J connectivity index is 1.92. The molecule has 1 aliphatic carbocycles. The summed E-state index contributed by atoms with van der Waals surface area (Å²) >= 11 is 0.